The summed E-state index contributed by atoms with van der Waals surface area (Å²) in [5, 5.41) is 21.5. The van der Waals surface area contributed by atoms with Crippen LogP contribution in [0.2, 0.25) is 0 Å². The van der Waals surface area contributed by atoms with Gasteiger partial charge in [-0.2, -0.15) is 0 Å². The van der Waals surface area contributed by atoms with Crippen molar-refractivity contribution in [2.24, 2.45) is 17.8 Å². The van der Waals surface area contributed by atoms with E-state index in [1.165, 1.54) is 0 Å². The largest absolute Gasteiger partial charge is 0.481 e. The molecule has 5 heteroatoms. The number of nitrogens with one attached hydrogen (secondary N) is 1. The van der Waals surface area contributed by atoms with Crippen LogP contribution in [0.3, 0.4) is 0 Å². The molecule has 2 unspecified atom stereocenters. The summed E-state index contributed by atoms with van der Waals surface area (Å²) in [6, 6.07) is 0. The van der Waals surface area contributed by atoms with Gasteiger partial charge in [0.05, 0.1) is 17.9 Å². The predicted octanol–water partition coefficient (Wildman–Crippen LogP) is 1.15. The van der Waals surface area contributed by atoms with Crippen LogP contribution < -0.4 is 5.32 Å². The van der Waals surface area contributed by atoms with Crippen molar-refractivity contribution in [3.05, 3.63) is 0 Å². The Bertz CT molecular complexity index is 344. The summed E-state index contributed by atoms with van der Waals surface area (Å²) in [7, 11) is 0. The summed E-state index contributed by atoms with van der Waals surface area (Å²) in [5.41, 5.74) is 0. The molecule has 0 aromatic carbocycles. The molecule has 1 amide bonds. The van der Waals surface area contributed by atoms with Crippen molar-refractivity contribution in [2.45, 2.75) is 51.0 Å². The molecule has 0 saturated heterocycles. The fourth-order valence-corrected chi connectivity index (χ4v) is 3.35. The molecular formula is C14H23NO4. The first-order chi connectivity index (χ1) is 9.08. The molecule has 2 fully saturated rings. The standard InChI is InChI=1S/C14H23NO4/c16-10-6-5-9(7-10)8-15-13(17)11-3-1-2-4-12(11)14(18)19/h9-12,16H,1-8H2,(H,15,17)(H,18,19)/t9?,10?,11-,12+/m1/s1. The number of hydrogen-bond donors (Lipinski definition) is 3. The van der Waals surface area contributed by atoms with E-state index in [0.29, 0.717) is 25.3 Å². The number of carbonyl (C=O) groups is 2. The van der Waals surface area contributed by atoms with Gasteiger partial charge in [0.25, 0.3) is 0 Å². The van der Waals surface area contributed by atoms with Gasteiger partial charge < -0.3 is 15.5 Å². The topological polar surface area (TPSA) is 86.6 Å². The van der Waals surface area contributed by atoms with Crippen molar-refractivity contribution in [3.63, 3.8) is 0 Å². The lowest BCUT2D eigenvalue weighted by molar-refractivity contribution is -0.148. The predicted molar refractivity (Wildman–Crippen MR) is 69.4 cm³/mol. The van der Waals surface area contributed by atoms with Crippen LogP contribution in [0.4, 0.5) is 0 Å². The molecule has 2 rings (SSSR count). The molecule has 0 heterocycles. The van der Waals surface area contributed by atoms with Gasteiger partial charge in [0, 0.05) is 6.54 Å². The second kappa shape index (κ2) is 6.37. The first kappa shape index (κ1) is 14.3. The Morgan fingerprint density at radius 1 is 1.05 bits per heavy atom. The van der Waals surface area contributed by atoms with Crippen LogP contribution in [0.1, 0.15) is 44.9 Å². The van der Waals surface area contributed by atoms with E-state index in [9.17, 15) is 14.7 Å². The molecule has 0 radical (unpaired) electrons. The molecule has 5 nitrogen and oxygen atoms in total. The number of aliphatic carboxylic acids is 1. The number of carboxylic acids is 1. The highest BCUT2D eigenvalue weighted by Crippen LogP contribution is 2.31. The SMILES string of the molecule is O=C(O)[C@H]1CCCC[C@H]1C(=O)NCC1CCC(O)C1. The van der Waals surface area contributed by atoms with E-state index in [4.69, 9.17) is 5.11 Å². The minimum Gasteiger partial charge on any atom is -0.481 e. The normalized spacial score (nSPS) is 35.0. The number of carboxylic acid groups (broad SMARTS) is 1. The Morgan fingerprint density at radius 3 is 2.32 bits per heavy atom. The van der Waals surface area contributed by atoms with E-state index in [1.807, 2.05) is 0 Å². The fraction of sp³-hybridized carbons (Fsp3) is 0.857. The van der Waals surface area contributed by atoms with E-state index >= 15 is 0 Å². The molecular weight excluding hydrogens is 246 g/mol. The molecule has 0 spiro atoms. The lowest BCUT2D eigenvalue weighted by Gasteiger charge is -2.27. The van der Waals surface area contributed by atoms with Gasteiger partial charge in [0.1, 0.15) is 0 Å². The van der Waals surface area contributed by atoms with E-state index < -0.39 is 11.9 Å². The molecule has 0 aromatic rings. The van der Waals surface area contributed by atoms with Crippen LogP contribution in [-0.2, 0) is 9.59 Å². The summed E-state index contributed by atoms with van der Waals surface area (Å²) >= 11 is 0. The summed E-state index contributed by atoms with van der Waals surface area (Å²) in [6.07, 6.45) is 5.37. The van der Waals surface area contributed by atoms with Crippen molar-refractivity contribution in [1.29, 1.82) is 0 Å². The number of amides is 1. The van der Waals surface area contributed by atoms with Gasteiger partial charge in [-0.25, -0.2) is 0 Å². The highest BCUT2D eigenvalue weighted by molar-refractivity contribution is 5.84. The zero-order valence-electron chi connectivity index (χ0n) is 11.2. The smallest absolute Gasteiger partial charge is 0.307 e. The molecule has 108 valence electrons. The molecule has 3 N–H and O–H groups in total. The average molecular weight is 269 g/mol. The van der Waals surface area contributed by atoms with Crippen LogP contribution >= 0.6 is 0 Å². The van der Waals surface area contributed by atoms with Crippen LogP contribution in [-0.4, -0.2) is 34.7 Å². The summed E-state index contributed by atoms with van der Waals surface area (Å²) < 4.78 is 0. The zero-order chi connectivity index (χ0) is 13.8. The first-order valence-electron chi connectivity index (χ1n) is 7.26. The second-order valence-corrected chi connectivity index (χ2v) is 5.91. The highest BCUT2D eigenvalue weighted by Gasteiger charge is 2.36. The summed E-state index contributed by atoms with van der Waals surface area (Å²) in [4.78, 5) is 23.3. The van der Waals surface area contributed by atoms with Gasteiger partial charge in [0.15, 0.2) is 0 Å². The van der Waals surface area contributed by atoms with Gasteiger partial charge >= 0.3 is 5.97 Å². The molecule has 0 aromatic heterocycles. The Kier molecular flexibility index (Phi) is 4.80. The molecule has 2 saturated carbocycles. The number of carbonyl (C=O) groups excluding carboxylic acids is 1. The third kappa shape index (κ3) is 3.69. The van der Waals surface area contributed by atoms with Crippen molar-refractivity contribution in [1.82, 2.24) is 5.32 Å². The van der Waals surface area contributed by atoms with Crippen LogP contribution in [0.15, 0.2) is 0 Å². The third-order valence-corrected chi connectivity index (χ3v) is 4.50. The quantitative estimate of drug-likeness (QED) is 0.714. The van der Waals surface area contributed by atoms with Crippen LogP contribution in [0.25, 0.3) is 0 Å². The maximum absolute atomic E-state index is 12.1. The van der Waals surface area contributed by atoms with Crippen LogP contribution in [0.5, 0.6) is 0 Å². The van der Waals surface area contributed by atoms with E-state index in [2.05, 4.69) is 5.32 Å². The lowest BCUT2D eigenvalue weighted by Crippen LogP contribution is -2.41. The molecule has 0 bridgehead atoms. The minimum absolute atomic E-state index is 0.117. The first-order valence-corrected chi connectivity index (χ1v) is 7.26. The minimum atomic E-state index is -0.851. The number of rotatable bonds is 4. The lowest BCUT2D eigenvalue weighted by atomic mass is 9.78. The Morgan fingerprint density at radius 2 is 1.74 bits per heavy atom. The molecule has 0 aliphatic heterocycles. The van der Waals surface area contributed by atoms with Crippen molar-refractivity contribution in [2.75, 3.05) is 6.54 Å². The summed E-state index contributed by atoms with van der Waals surface area (Å²) in [6.45, 7) is 0.568. The molecule has 2 aliphatic rings. The zero-order valence-corrected chi connectivity index (χ0v) is 11.2. The van der Waals surface area contributed by atoms with Gasteiger partial charge in [-0.05, 0) is 38.0 Å². The van der Waals surface area contributed by atoms with Crippen molar-refractivity contribution >= 4 is 11.9 Å². The summed E-state index contributed by atoms with van der Waals surface area (Å²) in [5.74, 6) is -1.53. The van der Waals surface area contributed by atoms with E-state index in [1.54, 1.807) is 0 Å². The molecule has 4 atom stereocenters. The van der Waals surface area contributed by atoms with Gasteiger partial charge in [-0.15, -0.1) is 0 Å². The van der Waals surface area contributed by atoms with Crippen LogP contribution in [0, 0.1) is 17.8 Å². The Balaban J connectivity index is 1.82. The maximum atomic E-state index is 12.1. The number of aliphatic hydroxyl groups excluding tert-OH is 1. The monoisotopic (exact) mass is 269 g/mol. The van der Waals surface area contributed by atoms with E-state index in [-0.39, 0.29) is 17.9 Å². The van der Waals surface area contributed by atoms with Gasteiger partial charge in [-0.1, -0.05) is 12.8 Å². The maximum Gasteiger partial charge on any atom is 0.307 e. The average Bonchev–Trinajstić information content (AvgIpc) is 2.81. The fourth-order valence-electron chi connectivity index (χ4n) is 3.35. The van der Waals surface area contributed by atoms with Crippen molar-refractivity contribution in [3.8, 4) is 0 Å². The highest BCUT2D eigenvalue weighted by atomic mass is 16.4. The Labute approximate surface area is 113 Å². The molecule has 19 heavy (non-hydrogen) atoms. The third-order valence-electron chi connectivity index (χ3n) is 4.50. The second-order valence-electron chi connectivity index (χ2n) is 5.91. The van der Waals surface area contributed by atoms with Gasteiger partial charge in [0.2, 0.25) is 5.91 Å². The van der Waals surface area contributed by atoms with Crippen molar-refractivity contribution < 1.29 is 19.8 Å². The Hall–Kier alpha value is -1.10. The molecule has 2 aliphatic carbocycles. The number of hydrogen-bond acceptors (Lipinski definition) is 3. The van der Waals surface area contributed by atoms with E-state index in [0.717, 1.165) is 32.1 Å². The van der Waals surface area contributed by atoms with Gasteiger partial charge in [-0.3, -0.25) is 9.59 Å². The number of aliphatic hydroxyl groups is 1.